The lowest BCUT2D eigenvalue weighted by Crippen LogP contribution is -2.67. The maximum Gasteiger partial charge on any atom is 0.508 e. The molecule has 0 aromatic carbocycles. The van der Waals surface area contributed by atoms with Gasteiger partial charge in [0.15, 0.2) is 6.29 Å². The predicted octanol–water partition coefficient (Wildman–Crippen LogP) is -4.46. The van der Waals surface area contributed by atoms with Crippen molar-refractivity contribution in [3.63, 3.8) is 0 Å². The largest absolute Gasteiger partial charge is 0.508 e. The van der Waals surface area contributed by atoms with Gasteiger partial charge in [0.25, 0.3) is 0 Å². The maximum absolute atomic E-state index is 10.7. The summed E-state index contributed by atoms with van der Waals surface area (Å²) in [7, 11) is 0. The van der Waals surface area contributed by atoms with Crippen LogP contribution in [0.2, 0.25) is 0 Å². The zero-order valence-corrected chi connectivity index (χ0v) is 12.2. The van der Waals surface area contributed by atoms with E-state index in [1.807, 2.05) is 0 Å². The van der Waals surface area contributed by atoms with Crippen LogP contribution < -0.4 is 0 Å². The summed E-state index contributed by atoms with van der Waals surface area (Å²) in [6.07, 6.45) is -17.6. The van der Waals surface area contributed by atoms with E-state index >= 15 is 0 Å². The first-order valence-electron chi connectivity index (χ1n) is 7.08. The lowest BCUT2D eigenvalue weighted by molar-refractivity contribution is -0.348. The first kappa shape index (κ1) is 19.2. The molecule has 0 spiro atoms. The van der Waals surface area contributed by atoms with Crippen LogP contribution in [0.15, 0.2) is 0 Å². The van der Waals surface area contributed by atoms with Crippen LogP contribution >= 0.6 is 0 Å². The molecule has 140 valence electrons. The van der Waals surface area contributed by atoms with E-state index in [0.29, 0.717) is 0 Å². The maximum atomic E-state index is 10.7. The standard InChI is InChI=1S/C12H20O12/c13-1-2-4(14)6(16)7(17)9(22-2)3-5(15)8(18)10(19)23-11(3)24-12(20)21/h2-11,13-19H,1H2,(H,20,21)/t2-,3-,4-,5+,6+,7-,8-,9-,10?,11-/m1/s1. The van der Waals surface area contributed by atoms with Gasteiger partial charge in [-0.05, 0) is 0 Å². The fraction of sp³-hybridized carbons (Fsp3) is 0.917. The third-order valence-electron chi connectivity index (χ3n) is 4.15. The molecule has 1 unspecified atom stereocenters. The van der Waals surface area contributed by atoms with E-state index in [-0.39, 0.29) is 0 Å². The third-order valence-corrected chi connectivity index (χ3v) is 4.15. The number of aliphatic hydroxyl groups is 7. The van der Waals surface area contributed by atoms with Crippen molar-refractivity contribution >= 4 is 6.16 Å². The summed E-state index contributed by atoms with van der Waals surface area (Å²) >= 11 is 0. The number of carbonyl (C=O) groups is 1. The van der Waals surface area contributed by atoms with Crippen LogP contribution in [0, 0.1) is 5.92 Å². The Kier molecular flexibility index (Phi) is 5.95. The van der Waals surface area contributed by atoms with E-state index in [1.54, 1.807) is 0 Å². The predicted molar refractivity (Wildman–Crippen MR) is 69.3 cm³/mol. The van der Waals surface area contributed by atoms with Gasteiger partial charge in [0.05, 0.1) is 24.7 Å². The Morgan fingerprint density at radius 2 is 1.50 bits per heavy atom. The van der Waals surface area contributed by atoms with Crippen molar-refractivity contribution in [2.75, 3.05) is 6.61 Å². The van der Waals surface area contributed by atoms with Crippen molar-refractivity contribution in [1.82, 2.24) is 0 Å². The summed E-state index contributed by atoms with van der Waals surface area (Å²) in [6.45, 7) is -0.749. The van der Waals surface area contributed by atoms with Crippen LogP contribution in [0.3, 0.4) is 0 Å². The molecule has 2 fully saturated rings. The van der Waals surface area contributed by atoms with Gasteiger partial charge in [0, 0.05) is 0 Å². The summed E-state index contributed by atoms with van der Waals surface area (Å²) in [5, 5.41) is 76.8. The molecule has 0 amide bonds. The van der Waals surface area contributed by atoms with Gasteiger partial charge in [-0.25, -0.2) is 4.79 Å². The minimum atomic E-state index is -1.97. The van der Waals surface area contributed by atoms with Crippen LogP contribution in [-0.4, -0.2) is 109 Å². The molecule has 0 bridgehead atoms. The van der Waals surface area contributed by atoms with Crippen LogP contribution in [0.25, 0.3) is 0 Å². The smallest absolute Gasteiger partial charge is 0.450 e. The topological polar surface area (TPSA) is 207 Å². The van der Waals surface area contributed by atoms with Crippen molar-refractivity contribution in [2.24, 2.45) is 5.92 Å². The molecule has 0 aliphatic carbocycles. The van der Waals surface area contributed by atoms with Gasteiger partial charge in [0.1, 0.15) is 30.5 Å². The zero-order chi connectivity index (χ0) is 18.2. The van der Waals surface area contributed by atoms with Crippen molar-refractivity contribution in [3.05, 3.63) is 0 Å². The Labute approximate surface area is 135 Å². The molecule has 2 aliphatic rings. The van der Waals surface area contributed by atoms with Crippen LogP contribution in [0.4, 0.5) is 4.79 Å². The van der Waals surface area contributed by atoms with Gasteiger partial charge < -0.3 is 55.1 Å². The summed E-state index contributed by atoms with van der Waals surface area (Å²) < 4.78 is 14.4. The Morgan fingerprint density at radius 3 is 2.04 bits per heavy atom. The Bertz CT molecular complexity index is 444. The molecule has 0 radical (unpaired) electrons. The summed E-state index contributed by atoms with van der Waals surface area (Å²) in [5.74, 6) is -1.56. The molecule has 2 rings (SSSR count). The molecule has 12 nitrogen and oxygen atoms in total. The van der Waals surface area contributed by atoms with Crippen molar-refractivity contribution in [1.29, 1.82) is 0 Å². The molecule has 2 heterocycles. The third kappa shape index (κ3) is 3.46. The fourth-order valence-electron chi connectivity index (χ4n) is 2.87. The van der Waals surface area contributed by atoms with E-state index in [9.17, 15) is 35.4 Å². The van der Waals surface area contributed by atoms with Gasteiger partial charge >= 0.3 is 6.16 Å². The number of hydrogen-bond acceptors (Lipinski definition) is 11. The summed E-state index contributed by atoms with van der Waals surface area (Å²) in [6, 6.07) is 0. The molecule has 0 aromatic rings. The van der Waals surface area contributed by atoms with Gasteiger partial charge in [-0.3, -0.25) is 0 Å². The molecule has 2 saturated heterocycles. The monoisotopic (exact) mass is 356 g/mol. The van der Waals surface area contributed by atoms with Gasteiger partial charge in [0.2, 0.25) is 6.29 Å². The second-order valence-electron chi connectivity index (χ2n) is 5.63. The molecule has 12 heteroatoms. The highest BCUT2D eigenvalue weighted by molar-refractivity contribution is 5.57. The van der Waals surface area contributed by atoms with Crippen LogP contribution in [0.5, 0.6) is 0 Å². The lowest BCUT2D eigenvalue weighted by Gasteiger charge is -2.48. The molecular formula is C12H20O12. The van der Waals surface area contributed by atoms with E-state index in [1.165, 1.54) is 0 Å². The summed E-state index contributed by atoms with van der Waals surface area (Å²) in [4.78, 5) is 10.7. The average Bonchev–Trinajstić information content (AvgIpc) is 2.52. The number of hydrogen-bond donors (Lipinski definition) is 8. The first-order chi connectivity index (χ1) is 11.2. The van der Waals surface area contributed by atoms with E-state index < -0.39 is 74.0 Å². The highest BCUT2D eigenvalue weighted by Crippen LogP contribution is 2.35. The Morgan fingerprint density at radius 1 is 0.875 bits per heavy atom. The van der Waals surface area contributed by atoms with Gasteiger partial charge in [-0.2, -0.15) is 0 Å². The number of carboxylic acid groups (broad SMARTS) is 1. The fourth-order valence-corrected chi connectivity index (χ4v) is 2.87. The van der Waals surface area contributed by atoms with E-state index in [4.69, 9.17) is 19.7 Å². The number of aliphatic hydroxyl groups excluding tert-OH is 7. The van der Waals surface area contributed by atoms with Crippen molar-refractivity contribution < 1.29 is 59.9 Å². The van der Waals surface area contributed by atoms with Gasteiger partial charge in [-0.15, -0.1) is 0 Å². The van der Waals surface area contributed by atoms with E-state index in [2.05, 4.69) is 4.74 Å². The minimum Gasteiger partial charge on any atom is -0.450 e. The Balaban J connectivity index is 2.30. The first-order valence-corrected chi connectivity index (χ1v) is 7.08. The van der Waals surface area contributed by atoms with Crippen molar-refractivity contribution in [3.8, 4) is 0 Å². The van der Waals surface area contributed by atoms with E-state index in [0.717, 1.165) is 0 Å². The molecule has 0 aromatic heterocycles. The number of ether oxygens (including phenoxy) is 3. The summed E-state index contributed by atoms with van der Waals surface area (Å²) in [5.41, 5.74) is 0. The van der Waals surface area contributed by atoms with Crippen molar-refractivity contribution in [2.45, 2.75) is 55.3 Å². The highest BCUT2D eigenvalue weighted by Gasteiger charge is 2.56. The lowest BCUT2D eigenvalue weighted by atomic mass is 9.81. The molecule has 10 atom stereocenters. The zero-order valence-electron chi connectivity index (χ0n) is 12.2. The Hall–Kier alpha value is -1.09. The minimum absolute atomic E-state index is 0.749. The highest BCUT2D eigenvalue weighted by atomic mass is 16.8. The quantitative estimate of drug-likeness (QED) is 0.225. The molecule has 0 saturated carbocycles. The second-order valence-corrected chi connectivity index (χ2v) is 5.63. The molecule has 24 heavy (non-hydrogen) atoms. The molecule has 2 aliphatic heterocycles. The normalized spacial score (nSPS) is 49.6. The SMILES string of the molecule is O=C(O)O[C@H]1OC(O)[C@H](O)[C@@H](O)[C@@H]1[C@H]1O[C@H](CO)[C@@H](O)[C@H](O)[C@H]1O. The number of rotatable bonds is 3. The molecular weight excluding hydrogens is 336 g/mol. The van der Waals surface area contributed by atoms with Crippen LogP contribution in [0.1, 0.15) is 0 Å². The van der Waals surface area contributed by atoms with Gasteiger partial charge in [-0.1, -0.05) is 0 Å². The second kappa shape index (κ2) is 7.43. The molecule has 8 N–H and O–H groups in total. The van der Waals surface area contributed by atoms with Crippen LogP contribution in [-0.2, 0) is 14.2 Å². The average molecular weight is 356 g/mol.